The van der Waals surface area contributed by atoms with Gasteiger partial charge < -0.3 is 18.8 Å². The number of hydrogen-bond acceptors (Lipinski definition) is 8. The smallest absolute Gasteiger partial charge is 0.306 e. The molecule has 5 rings (SSSR count). The fourth-order valence-electron chi connectivity index (χ4n) is 6.76. The Bertz CT molecular complexity index is 1710. The van der Waals surface area contributed by atoms with Crippen LogP contribution in [0.25, 0.3) is 0 Å². The first-order valence-corrected chi connectivity index (χ1v) is 22.8. The topological polar surface area (TPSA) is 114 Å². The van der Waals surface area contributed by atoms with Gasteiger partial charge in [0.15, 0.2) is 8.32 Å². The van der Waals surface area contributed by atoms with E-state index in [1.807, 2.05) is 24.3 Å². The molecule has 2 heterocycles. The average Bonchev–Trinajstić information content (AvgIpc) is 3.07. The van der Waals surface area contributed by atoms with E-state index < -0.39 is 30.4 Å². The molecule has 0 radical (unpaired) electrons. The minimum absolute atomic E-state index is 0.0130. The molecule has 3 atom stereocenters. The van der Waals surface area contributed by atoms with Crippen LogP contribution in [-0.2, 0) is 37.2 Å². The average molecular weight is 760 g/mol. The van der Waals surface area contributed by atoms with Crippen LogP contribution in [0.1, 0.15) is 80.8 Å². The summed E-state index contributed by atoms with van der Waals surface area (Å²) in [7, 11) is -5.21. The fourth-order valence-corrected chi connectivity index (χ4v) is 9.40. The molecule has 1 amide bonds. The van der Waals surface area contributed by atoms with Gasteiger partial charge in [-0.15, -0.1) is 0 Å². The first-order chi connectivity index (χ1) is 24.1. The second kappa shape index (κ2) is 16.4. The van der Waals surface area contributed by atoms with Gasteiger partial charge in [0, 0.05) is 36.8 Å². The SMILES string of the molecule is COC(=O)CCN1CC/C=C/C(O[Si](C)(C)C(C)(C)C)[C@@H]2CC[C@H]2CN2CCCCc3cc(Cl)ccc3COc3ccc(cc32)C(=O)NS1(=O)=O. The lowest BCUT2D eigenvalue weighted by molar-refractivity contribution is -0.140. The summed E-state index contributed by atoms with van der Waals surface area (Å²) in [5, 5.41) is 0.711. The van der Waals surface area contributed by atoms with Crippen LogP contribution in [0.5, 0.6) is 5.75 Å². The lowest BCUT2D eigenvalue weighted by Crippen LogP contribution is -2.50. The summed E-state index contributed by atoms with van der Waals surface area (Å²) in [4.78, 5) is 28.0. The summed E-state index contributed by atoms with van der Waals surface area (Å²) in [6.07, 6.45) is 9.07. The van der Waals surface area contributed by atoms with E-state index in [2.05, 4.69) is 49.6 Å². The lowest BCUT2D eigenvalue weighted by Gasteiger charge is -2.47. The van der Waals surface area contributed by atoms with Crippen LogP contribution in [0.15, 0.2) is 48.6 Å². The van der Waals surface area contributed by atoms with E-state index in [-0.39, 0.29) is 42.1 Å². The lowest BCUT2D eigenvalue weighted by atomic mass is 9.70. The molecule has 1 fully saturated rings. The highest BCUT2D eigenvalue weighted by Gasteiger charge is 2.44. The number of carbonyl (C=O) groups excluding carboxylic acids is 2. The van der Waals surface area contributed by atoms with E-state index in [1.165, 1.54) is 7.11 Å². The molecular formula is C38H54ClN3O7SSi. The van der Waals surface area contributed by atoms with Crippen molar-refractivity contribution in [3.8, 4) is 5.75 Å². The Morgan fingerprint density at radius 3 is 2.57 bits per heavy atom. The van der Waals surface area contributed by atoms with Gasteiger partial charge in [-0.25, -0.2) is 4.72 Å². The van der Waals surface area contributed by atoms with Gasteiger partial charge in [0.25, 0.3) is 5.91 Å². The number of methoxy groups -OCH3 is 1. The highest BCUT2D eigenvalue weighted by Crippen LogP contribution is 2.45. The van der Waals surface area contributed by atoms with Crippen molar-refractivity contribution in [3.63, 3.8) is 0 Å². The number of esters is 1. The minimum atomic E-state index is -4.31. The van der Waals surface area contributed by atoms with Crippen LogP contribution in [0.3, 0.4) is 0 Å². The van der Waals surface area contributed by atoms with E-state index in [0.717, 1.165) is 66.3 Å². The second-order valence-corrected chi connectivity index (χ2v) is 22.4. The van der Waals surface area contributed by atoms with Gasteiger partial charge in [0.05, 0.1) is 25.3 Å². The van der Waals surface area contributed by atoms with Gasteiger partial charge >= 0.3 is 16.2 Å². The summed E-state index contributed by atoms with van der Waals surface area (Å²) >= 11 is 6.37. The standard InChI is InChI=1S/C38H54ClN3O7SSi/c1-38(2,3)51(5,6)49-34-12-8-10-21-42(22-19-36(43)47-4)50(45,46)40-37(44)28-15-18-35-33(24-28)41(25-29-14-17-32(29)34)20-9-7-11-27-23-31(39)16-13-30(27)26-48-35/h8,12-13,15-16,18,23-24,29,32,34H,7,9-11,14,17,19-22,25-26H2,1-6H3,(H,40,44)/b12-8+/t29-,32+,34?/m0/s1. The van der Waals surface area contributed by atoms with Crippen molar-refractivity contribution in [3.05, 3.63) is 70.3 Å². The summed E-state index contributed by atoms with van der Waals surface area (Å²) in [5.41, 5.74) is 3.19. The summed E-state index contributed by atoms with van der Waals surface area (Å²) in [6, 6.07) is 11.0. The van der Waals surface area contributed by atoms with E-state index in [0.29, 0.717) is 29.7 Å². The molecule has 1 saturated carbocycles. The third kappa shape index (κ3) is 9.75. The first kappa shape index (κ1) is 39.3. The molecular weight excluding hydrogens is 706 g/mol. The predicted octanol–water partition coefficient (Wildman–Crippen LogP) is 7.28. The predicted molar refractivity (Wildman–Crippen MR) is 204 cm³/mol. The number of fused-ring (bicyclic) bond motifs is 3. The van der Waals surface area contributed by atoms with Crippen molar-refractivity contribution >= 4 is 47.7 Å². The van der Waals surface area contributed by atoms with Gasteiger partial charge in [0.1, 0.15) is 12.4 Å². The molecule has 2 aromatic rings. The molecule has 280 valence electrons. The van der Waals surface area contributed by atoms with E-state index >= 15 is 0 Å². The molecule has 0 aromatic heterocycles. The number of amides is 1. The molecule has 2 bridgehead atoms. The summed E-state index contributed by atoms with van der Waals surface area (Å²) < 4.78 is 49.1. The van der Waals surface area contributed by atoms with Gasteiger partial charge in [-0.05, 0) is 110 Å². The van der Waals surface area contributed by atoms with Gasteiger partial charge in [0.2, 0.25) is 0 Å². The van der Waals surface area contributed by atoms with E-state index in [9.17, 15) is 18.0 Å². The van der Waals surface area contributed by atoms with Crippen molar-refractivity contribution in [1.29, 1.82) is 0 Å². The molecule has 0 spiro atoms. The number of aryl methyl sites for hydroxylation is 1. The van der Waals surface area contributed by atoms with Gasteiger partial charge in [-0.1, -0.05) is 50.6 Å². The molecule has 13 heteroatoms. The maximum Gasteiger partial charge on any atom is 0.306 e. The normalized spacial score (nSPS) is 24.0. The van der Waals surface area contributed by atoms with Crippen LogP contribution < -0.4 is 14.4 Å². The first-order valence-electron chi connectivity index (χ1n) is 18.1. The number of rotatable bonds is 5. The molecule has 2 aliphatic heterocycles. The molecule has 10 nitrogen and oxygen atoms in total. The van der Waals surface area contributed by atoms with Crippen molar-refractivity contribution in [2.45, 2.75) is 96.6 Å². The Hall–Kier alpha value is -2.90. The Kier molecular flexibility index (Phi) is 12.6. The molecule has 51 heavy (non-hydrogen) atoms. The number of anilines is 1. The Morgan fingerprint density at radius 2 is 1.86 bits per heavy atom. The third-order valence-corrected chi connectivity index (χ3v) is 17.3. The number of hydrogen-bond donors (Lipinski definition) is 1. The summed E-state index contributed by atoms with van der Waals surface area (Å²) in [6.45, 7) is 13.0. The van der Waals surface area contributed by atoms with Crippen molar-refractivity contribution in [2.75, 3.05) is 38.2 Å². The minimum Gasteiger partial charge on any atom is -0.487 e. The van der Waals surface area contributed by atoms with Crippen LogP contribution in [0, 0.1) is 11.8 Å². The fraction of sp³-hybridized carbons (Fsp3) is 0.579. The molecule has 1 N–H and O–H groups in total. The highest BCUT2D eigenvalue weighted by molar-refractivity contribution is 7.87. The van der Waals surface area contributed by atoms with Crippen molar-refractivity contribution < 1.29 is 31.9 Å². The Balaban J connectivity index is 1.55. The van der Waals surface area contributed by atoms with Crippen molar-refractivity contribution in [2.24, 2.45) is 11.8 Å². The molecule has 1 aliphatic carbocycles. The largest absolute Gasteiger partial charge is 0.487 e. The number of nitrogens with one attached hydrogen (secondary N) is 1. The van der Waals surface area contributed by atoms with E-state index in [4.69, 9.17) is 25.5 Å². The number of ether oxygens (including phenoxy) is 2. The zero-order valence-corrected chi connectivity index (χ0v) is 33.4. The quantitative estimate of drug-likeness (QED) is 0.192. The number of benzene rings is 2. The highest BCUT2D eigenvalue weighted by atomic mass is 35.5. The summed E-state index contributed by atoms with van der Waals surface area (Å²) in [5.74, 6) is -0.0263. The Labute approximate surface area is 310 Å². The molecule has 3 aliphatic rings. The zero-order chi connectivity index (χ0) is 37.0. The van der Waals surface area contributed by atoms with Gasteiger partial charge in [-0.2, -0.15) is 12.7 Å². The third-order valence-electron chi connectivity index (χ3n) is 11.1. The van der Waals surface area contributed by atoms with Crippen LogP contribution in [-0.4, -0.2) is 72.3 Å². The maximum absolute atomic E-state index is 13.7. The number of carbonyl (C=O) groups is 2. The Morgan fingerprint density at radius 1 is 1.08 bits per heavy atom. The monoisotopic (exact) mass is 759 g/mol. The second-order valence-electron chi connectivity index (χ2n) is 15.5. The maximum atomic E-state index is 13.7. The molecule has 1 unspecified atom stereocenters. The van der Waals surface area contributed by atoms with Crippen LogP contribution >= 0.6 is 11.6 Å². The van der Waals surface area contributed by atoms with E-state index in [1.54, 1.807) is 18.2 Å². The van der Waals surface area contributed by atoms with Gasteiger partial charge in [-0.3, -0.25) is 9.59 Å². The zero-order valence-electron chi connectivity index (χ0n) is 30.9. The van der Waals surface area contributed by atoms with Crippen LogP contribution in [0.4, 0.5) is 5.69 Å². The molecule has 0 saturated heterocycles. The number of halogens is 1. The van der Waals surface area contributed by atoms with Crippen LogP contribution in [0.2, 0.25) is 23.2 Å². The molecule has 2 aromatic carbocycles. The number of nitrogens with zero attached hydrogens (tertiary/aromatic N) is 2. The van der Waals surface area contributed by atoms with Crippen molar-refractivity contribution in [1.82, 2.24) is 9.03 Å².